The van der Waals surface area contributed by atoms with Gasteiger partial charge >= 0.3 is 0 Å². The van der Waals surface area contributed by atoms with Crippen molar-refractivity contribution >= 4 is 11.6 Å². The quantitative estimate of drug-likeness (QED) is 0.531. The molecule has 0 saturated carbocycles. The second kappa shape index (κ2) is 4.17. The van der Waals surface area contributed by atoms with E-state index in [2.05, 4.69) is 0 Å². The van der Waals surface area contributed by atoms with Gasteiger partial charge in [0.05, 0.1) is 0 Å². The van der Waals surface area contributed by atoms with Gasteiger partial charge in [0.15, 0.2) is 0 Å². The Morgan fingerprint density at radius 1 is 1.14 bits per heavy atom. The Labute approximate surface area is 83.5 Å². The highest BCUT2D eigenvalue weighted by Gasteiger charge is 2.23. The maximum absolute atomic E-state index is 13.0. The average Bonchev–Trinajstić information content (AvgIpc) is 2.10. The lowest BCUT2D eigenvalue weighted by atomic mass is 10.1. The first-order valence-corrected chi connectivity index (χ1v) is 4.25. The molecule has 0 spiro atoms. The molecule has 78 valence electrons. The zero-order valence-electron chi connectivity index (χ0n) is 7.20. The van der Waals surface area contributed by atoms with E-state index in [0.29, 0.717) is 6.07 Å². The van der Waals surface area contributed by atoms with Crippen LogP contribution < -0.4 is 0 Å². The highest BCUT2D eigenvalue weighted by atomic mass is 35.5. The molecule has 0 nitrogen and oxygen atoms in total. The monoisotopic (exact) mass is 226 g/mol. The minimum atomic E-state index is -2.88. The lowest BCUT2D eigenvalue weighted by Crippen LogP contribution is -2.05. The van der Waals surface area contributed by atoms with Crippen LogP contribution in [0.3, 0.4) is 0 Å². The highest BCUT2D eigenvalue weighted by Crippen LogP contribution is 2.30. The van der Waals surface area contributed by atoms with Gasteiger partial charge in [-0.05, 0) is 18.6 Å². The maximum atomic E-state index is 13.0. The lowest BCUT2D eigenvalue weighted by Gasteiger charge is -2.10. The van der Waals surface area contributed by atoms with Crippen molar-refractivity contribution in [1.82, 2.24) is 0 Å². The maximum Gasteiger partial charge on any atom is 0.258 e. The summed E-state index contributed by atoms with van der Waals surface area (Å²) >= 11 is 5.26. The molecule has 0 aliphatic rings. The van der Waals surface area contributed by atoms with E-state index in [1.54, 1.807) is 0 Å². The van der Waals surface area contributed by atoms with E-state index < -0.39 is 23.4 Å². The van der Waals surface area contributed by atoms with Gasteiger partial charge < -0.3 is 0 Å². The molecular weight excluding hydrogens is 220 g/mol. The third-order valence-corrected chi connectivity index (χ3v) is 2.22. The fraction of sp³-hybridized carbons (Fsp3) is 0.333. The number of aryl methyl sites for hydroxylation is 1. The molecule has 1 rings (SSSR count). The molecule has 0 bridgehead atoms. The molecule has 0 fully saturated rings. The number of hydrogen-bond acceptors (Lipinski definition) is 0. The summed E-state index contributed by atoms with van der Waals surface area (Å²) in [5, 5.41) is -1.74. The van der Waals surface area contributed by atoms with Crippen molar-refractivity contribution in [3.63, 3.8) is 0 Å². The van der Waals surface area contributed by atoms with E-state index >= 15 is 0 Å². The SMILES string of the molecule is Cc1cc(C(Cl)C(F)F)c(F)cc1F. The third kappa shape index (κ3) is 2.18. The van der Waals surface area contributed by atoms with Crippen molar-refractivity contribution in [1.29, 1.82) is 0 Å². The summed E-state index contributed by atoms with van der Waals surface area (Å²) in [7, 11) is 0. The first-order chi connectivity index (χ1) is 6.43. The van der Waals surface area contributed by atoms with Crippen LogP contribution >= 0.6 is 11.6 Å². The average molecular weight is 227 g/mol. The molecule has 1 aromatic rings. The molecule has 1 atom stereocenters. The normalized spacial score (nSPS) is 13.4. The van der Waals surface area contributed by atoms with Crippen molar-refractivity contribution in [2.45, 2.75) is 18.7 Å². The molecule has 0 aliphatic carbocycles. The summed E-state index contributed by atoms with van der Waals surface area (Å²) in [6, 6.07) is 1.55. The summed E-state index contributed by atoms with van der Waals surface area (Å²) in [6.07, 6.45) is -2.88. The van der Waals surface area contributed by atoms with Crippen molar-refractivity contribution in [3.05, 3.63) is 34.9 Å². The van der Waals surface area contributed by atoms with Gasteiger partial charge in [-0.2, -0.15) is 0 Å². The molecule has 0 aromatic heterocycles. The largest absolute Gasteiger partial charge is 0.258 e. The molecule has 0 amide bonds. The highest BCUT2D eigenvalue weighted by molar-refractivity contribution is 6.21. The summed E-state index contributed by atoms with van der Waals surface area (Å²) in [5.74, 6) is -1.82. The van der Waals surface area contributed by atoms with Crippen LogP contribution in [-0.2, 0) is 0 Å². The fourth-order valence-corrected chi connectivity index (χ4v) is 1.19. The zero-order chi connectivity index (χ0) is 10.9. The van der Waals surface area contributed by atoms with Crippen molar-refractivity contribution in [2.75, 3.05) is 0 Å². The minimum Gasteiger partial charge on any atom is -0.208 e. The lowest BCUT2D eigenvalue weighted by molar-refractivity contribution is 0.141. The van der Waals surface area contributed by atoms with Crippen LogP contribution in [0.4, 0.5) is 17.6 Å². The molecule has 1 aromatic carbocycles. The summed E-state index contributed by atoms with van der Waals surface area (Å²) in [4.78, 5) is 0. The molecule has 0 heterocycles. The van der Waals surface area contributed by atoms with Crippen molar-refractivity contribution < 1.29 is 17.6 Å². The van der Waals surface area contributed by atoms with E-state index in [9.17, 15) is 17.6 Å². The summed E-state index contributed by atoms with van der Waals surface area (Å²) in [5.41, 5.74) is -0.284. The van der Waals surface area contributed by atoms with E-state index in [4.69, 9.17) is 11.6 Å². The van der Waals surface area contributed by atoms with Gasteiger partial charge in [0.1, 0.15) is 17.0 Å². The van der Waals surface area contributed by atoms with E-state index in [0.717, 1.165) is 6.07 Å². The Bertz CT molecular complexity index is 338. The van der Waals surface area contributed by atoms with Gasteiger partial charge in [-0.3, -0.25) is 0 Å². The molecule has 0 N–H and O–H groups in total. The van der Waals surface area contributed by atoms with E-state index in [1.165, 1.54) is 6.92 Å². The van der Waals surface area contributed by atoms with Gasteiger partial charge in [-0.15, -0.1) is 11.6 Å². The second-order valence-electron chi connectivity index (χ2n) is 2.86. The van der Waals surface area contributed by atoms with Crippen LogP contribution in [0.5, 0.6) is 0 Å². The molecule has 0 saturated heterocycles. The molecule has 1 unspecified atom stereocenters. The van der Waals surface area contributed by atoms with Crippen LogP contribution in [0.1, 0.15) is 16.5 Å². The van der Waals surface area contributed by atoms with Crippen LogP contribution in [0.15, 0.2) is 12.1 Å². The Morgan fingerprint density at radius 2 is 1.71 bits per heavy atom. The zero-order valence-corrected chi connectivity index (χ0v) is 7.96. The van der Waals surface area contributed by atoms with E-state index in [1.807, 2.05) is 0 Å². The summed E-state index contributed by atoms with van der Waals surface area (Å²) in [6.45, 7) is 1.35. The Hall–Kier alpha value is -0.770. The third-order valence-electron chi connectivity index (χ3n) is 1.80. The fourth-order valence-electron chi connectivity index (χ4n) is 1.03. The number of alkyl halides is 3. The van der Waals surface area contributed by atoms with Crippen molar-refractivity contribution in [3.8, 4) is 0 Å². The molecule has 0 aliphatic heterocycles. The molecule has 14 heavy (non-hydrogen) atoms. The van der Waals surface area contributed by atoms with Crippen LogP contribution in [-0.4, -0.2) is 6.43 Å². The molecule has 0 radical (unpaired) electrons. The second-order valence-corrected chi connectivity index (χ2v) is 3.33. The van der Waals surface area contributed by atoms with Gasteiger partial charge in [-0.1, -0.05) is 0 Å². The number of benzene rings is 1. The summed E-state index contributed by atoms with van der Waals surface area (Å²) < 4.78 is 50.0. The Morgan fingerprint density at radius 3 is 2.21 bits per heavy atom. The van der Waals surface area contributed by atoms with Crippen molar-refractivity contribution in [2.24, 2.45) is 0 Å². The van der Waals surface area contributed by atoms with Gasteiger partial charge in [-0.25, -0.2) is 17.6 Å². The molecule has 5 heteroatoms. The first kappa shape index (κ1) is 11.3. The number of halogens is 5. The van der Waals surface area contributed by atoms with Gasteiger partial charge in [0.2, 0.25) is 0 Å². The van der Waals surface area contributed by atoms with Crippen LogP contribution in [0.2, 0.25) is 0 Å². The van der Waals surface area contributed by atoms with Crippen LogP contribution in [0, 0.1) is 18.6 Å². The predicted octanol–water partition coefficient (Wildman–Crippen LogP) is 3.82. The Kier molecular flexibility index (Phi) is 3.37. The first-order valence-electron chi connectivity index (χ1n) is 3.81. The predicted molar refractivity (Wildman–Crippen MR) is 45.7 cm³/mol. The minimum absolute atomic E-state index is 0.0905. The smallest absolute Gasteiger partial charge is 0.208 e. The van der Waals surface area contributed by atoms with Gasteiger partial charge in [0, 0.05) is 11.6 Å². The number of rotatable bonds is 2. The Balaban J connectivity index is 3.15. The standard InChI is InChI=1S/C9H7ClF4/c1-4-2-5(8(10)9(13)14)7(12)3-6(4)11/h2-3,8-9H,1H3. The van der Waals surface area contributed by atoms with Gasteiger partial charge in [0.25, 0.3) is 6.43 Å². The van der Waals surface area contributed by atoms with E-state index in [-0.39, 0.29) is 11.1 Å². The topological polar surface area (TPSA) is 0 Å². The van der Waals surface area contributed by atoms with Crippen LogP contribution in [0.25, 0.3) is 0 Å². The molecular formula is C9H7ClF4. The number of hydrogen-bond donors (Lipinski definition) is 0.